The third kappa shape index (κ3) is 5.01. The van der Waals surface area contributed by atoms with Crippen LogP contribution in [0.1, 0.15) is 0 Å². The third-order valence-corrected chi connectivity index (χ3v) is 9.26. The zero-order valence-corrected chi connectivity index (χ0v) is 26.3. The highest BCUT2D eigenvalue weighted by Crippen LogP contribution is 2.41. The van der Waals surface area contributed by atoms with Crippen LogP contribution in [-0.2, 0) is 0 Å². The van der Waals surface area contributed by atoms with Crippen LogP contribution in [0.15, 0.2) is 192 Å². The Bertz CT molecular complexity index is 2530. The number of para-hydroxylation sites is 1. The summed E-state index contributed by atoms with van der Waals surface area (Å²) >= 11 is 0. The number of rotatable bonds is 6. The van der Waals surface area contributed by atoms with E-state index < -0.39 is 0 Å². The fourth-order valence-electron chi connectivity index (χ4n) is 6.86. The van der Waals surface area contributed by atoms with Gasteiger partial charge in [-0.2, -0.15) is 0 Å². The first-order valence-corrected chi connectivity index (χ1v) is 16.3. The predicted octanol–water partition coefficient (Wildman–Crippen LogP) is 13.2. The standard InChI is InChI=1S/C46H31NO/c1-3-10-32(11-4-1)34-18-20-35(21-19-34)36-22-26-39(27-23-36)47(40-15-9-14-38(30-40)33-12-5-2-6-13-33)41-28-24-37-25-29-45-46(43(37)31-41)42-16-7-8-17-44(42)48-45/h1-31H. The first-order chi connectivity index (χ1) is 23.8. The number of fused-ring (bicyclic) bond motifs is 5. The molecule has 226 valence electrons. The van der Waals surface area contributed by atoms with E-state index in [1.807, 2.05) is 12.1 Å². The highest BCUT2D eigenvalue weighted by Gasteiger charge is 2.17. The molecule has 0 saturated carbocycles. The molecule has 0 atom stereocenters. The molecular formula is C46H31NO. The van der Waals surface area contributed by atoms with Crippen molar-refractivity contribution in [2.24, 2.45) is 0 Å². The summed E-state index contributed by atoms with van der Waals surface area (Å²) in [6, 6.07) is 67.0. The van der Waals surface area contributed by atoms with E-state index >= 15 is 0 Å². The van der Waals surface area contributed by atoms with Crippen molar-refractivity contribution in [3.63, 3.8) is 0 Å². The molecule has 9 aromatic rings. The molecule has 0 aliphatic rings. The molecule has 0 fully saturated rings. The normalized spacial score (nSPS) is 11.3. The maximum absolute atomic E-state index is 6.27. The van der Waals surface area contributed by atoms with Crippen molar-refractivity contribution < 1.29 is 4.42 Å². The zero-order chi connectivity index (χ0) is 31.9. The second-order valence-corrected chi connectivity index (χ2v) is 12.2. The highest BCUT2D eigenvalue weighted by atomic mass is 16.3. The van der Waals surface area contributed by atoms with E-state index in [1.54, 1.807) is 0 Å². The van der Waals surface area contributed by atoms with Gasteiger partial charge in [0, 0.05) is 27.8 Å². The quantitative estimate of drug-likeness (QED) is 0.185. The first kappa shape index (κ1) is 27.9. The molecule has 0 unspecified atom stereocenters. The summed E-state index contributed by atoms with van der Waals surface area (Å²) in [5.74, 6) is 0. The van der Waals surface area contributed by atoms with Crippen LogP contribution in [0.4, 0.5) is 17.1 Å². The van der Waals surface area contributed by atoms with Gasteiger partial charge in [-0.05, 0) is 92.7 Å². The topological polar surface area (TPSA) is 16.4 Å². The Kier molecular flexibility index (Phi) is 6.84. The number of benzene rings is 8. The number of hydrogen-bond acceptors (Lipinski definition) is 2. The van der Waals surface area contributed by atoms with Crippen molar-refractivity contribution >= 4 is 49.8 Å². The molecule has 0 aliphatic heterocycles. The summed E-state index contributed by atoms with van der Waals surface area (Å²) in [6.07, 6.45) is 0. The second-order valence-electron chi connectivity index (χ2n) is 12.2. The Hall–Kier alpha value is -6.38. The Morgan fingerprint density at radius 2 is 0.833 bits per heavy atom. The minimum atomic E-state index is 0.904. The van der Waals surface area contributed by atoms with E-state index in [9.17, 15) is 0 Å². The van der Waals surface area contributed by atoms with Gasteiger partial charge in [-0.25, -0.2) is 0 Å². The van der Waals surface area contributed by atoms with Gasteiger partial charge < -0.3 is 9.32 Å². The zero-order valence-electron chi connectivity index (χ0n) is 26.3. The molecule has 2 nitrogen and oxygen atoms in total. The molecule has 0 radical (unpaired) electrons. The van der Waals surface area contributed by atoms with E-state index in [4.69, 9.17) is 4.42 Å². The summed E-state index contributed by atoms with van der Waals surface area (Å²) in [7, 11) is 0. The van der Waals surface area contributed by atoms with Crippen LogP contribution in [0.2, 0.25) is 0 Å². The Morgan fingerprint density at radius 1 is 0.312 bits per heavy atom. The summed E-state index contributed by atoms with van der Waals surface area (Å²) in [5.41, 5.74) is 12.3. The average Bonchev–Trinajstić information content (AvgIpc) is 3.56. The van der Waals surface area contributed by atoms with E-state index in [2.05, 4.69) is 181 Å². The van der Waals surface area contributed by atoms with Crippen LogP contribution in [0, 0.1) is 0 Å². The minimum Gasteiger partial charge on any atom is -0.456 e. The van der Waals surface area contributed by atoms with Gasteiger partial charge in [-0.15, -0.1) is 0 Å². The molecular weight excluding hydrogens is 583 g/mol. The third-order valence-electron chi connectivity index (χ3n) is 9.26. The Morgan fingerprint density at radius 3 is 1.54 bits per heavy atom. The van der Waals surface area contributed by atoms with E-state index in [0.717, 1.165) is 39.0 Å². The highest BCUT2D eigenvalue weighted by molar-refractivity contribution is 6.19. The van der Waals surface area contributed by atoms with Gasteiger partial charge in [0.2, 0.25) is 0 Å². The van der Waals surface area contributed by atoms with Crippen LogP contribution in [0.5, 0.6) is 0 Å². The van der Waals surface area contributed by atoms with Crippen LogP contribution < -0.4 is 4.90 Å². The van der Waals surface area contributed by atoms with Crippen molar-refractivity contribution in [3.8, 4) is 33.4 Å². The van der Waals surface area contributed by atoms with Gasteiger partial charge in [-0.1, -0.05) is 140 Å². The number of hydrogen-bond donors (Lipinski definition) is 0. The van der Waals surface area contributed by atoms with Crippen molar-refractivity contribution in [1.29, 1.82) is 0 Å². The van der Waals surface area contributed by atoms with E-state index in [-0.39, 0.29) is 0 Å². The first-order valence-electron chi connectivity index (χ1n) is 16.3. The number of nitrogens with zero attached hydrogens (tertiary/aromatic N) is 1. The van der Waals surface area contributed by atoms with Crippen molar-refractivity contribution in [1.82, 2.24) is 0 Å². The van der Waals surface area contributed by atoms with Crippen LogP contribution in [0.3, 0.4) is 0 Å². The molecule has 0 bridgehead atoms. The summed E-state index contributed by atoms with van der Waals surface area (Å²) < 4.78 is 6.27. The summed E-state index contributed by atoms with van der Waals surface area (Å²) in [6.45, 7) is 0. The summed E-state index contributed by atoms with van der Waals surface area (Å²) in [5, 5.41) is 4.65. The van der Waals surface area contributed by atoms with E-state index in [0.29, 0.717) is 0 Å². The van der Waals surface area contributed by atoms with Gasteiger partial charge in [0.1, 0.15) is 11.2 Å². The molecule has 1 aromatic heterocycles. The average molecular weight is 614 g/mol. The molecule has 0 aliphatic carbocycles. The number of anilines is 3. The monoisotopic (exact) mass is 613 g/mol. The van der Waals surface area contributed by atoms with Crippen molar-refractivity contribution in [3.05, 3.63) is 188 Å². The van der Waals surface area contributed by atoms with Crippen LogP contribution in [0.25, 0.3) is 66.1 Å². The largest absolute Gasteiger partial charge is 0.456 e. The van der Waals surface area contributed by atoms with Crippen LogP contribution >= 0.6 is 0 Å². The maximum Gasteiger partial charge on any atom is 0.136 e. The molecule has 0 saturated heterocycles. The van der Waals surface area contributed by atoms with Gasteiger partial charge >= 0.3 is 0 Å². The van der Waals surface area contributed by atoms with Gasteiger partial charge in [0.25, 0.3) is 0 Å². The maximum atomic E-state index is 6.27. The van der Waals surface area contributed by atoms with Crippen molar-refractivity contribution in [2.75, 3.05) is 4.90 Å². The summed E-state index contributed by atoms with van der Waals surface area (Å²) in [4.78, 5) is 2.36. The van der Waals surface area contributed by atoms with Gasteiger partial charge in [-0.3, -0.25) is 0 Å². The molecule has 0 amide bonds. The van der Waals surface area contributed by atoms with Gasteiger partial charge in [0.05, 0.1) is 0 Å². The molecule has 8 aromatic carbocycles. The van der Waals surface area contributed by atoms with Crippen molar-refractivity contribution in [2.45, 2.75) is 0 Å². The number of furan rings is 1. The molecule has 48 heavy (non-hydrogen) atoms. The van der Waals surface area contributed by atoms with E-state index in [1.165, 1.54) is 44.2 Å². The van der Waals surface area contributed by atoms with Crippen LogP contribution in [-0.4, -0.2) is 0 Å². The molecule has 0 spiro atoms. The SMILES string of the molecule is c1ccc(-c2ccc(-c3ccc(N(c4cccc(-c5ccccc5)c4)c4ccc5ccc6oc7ccccc7c6c5c4)cc3)cc2)cc1. The van der Waals surface area contributed by atoms with Gasteiger partial charge in [0.15, 0.2) is 0 Å². The molecule has 1 heterocycles. The lowest BCUT2D eigenvalue weighted by Gasteiger charge is -2.26. The minimum absolute atomic E-state index is 0.904. The fraction of sp³-hybridized carbons (Fsp3) is 0. The fourth-order valence-corrected chi connectivity index (χ4v) is 6.86. The molecule has 2 heteroatoms. The molecule has 9 rings (SSSR count). The lowest BCUT2D eigenvalue weighted by molar-refractivity contribution is 0.669. The lowest BCUT2D eigenvalue weighted by atomic mass is 9.99. The molecule has 0 N–H and O–H groups in total. The predicted molar refractivity (Wildman–Crippen MR) is 202 cm³/mol. The Balaban J connectivity index is 1.17. The second kappa shape index (κ2) is 11.8. The smallest absolute Gasteiger partial charge is 0.136 e. The lowest BCUT2D eigenvalue weighted by Crippen LogP contribution is -2.10. The Labute approximate surface area is 279 Å².